The predicted molar refractivity (Wildman–Crippen MR) is 222 cm³/mol. The van der Waals surface area contributed by atoms with Crippen LogP contribution in [0.25, 0.3) is 10.9 Å². The van der Waals surface area contributed by atoms with Crippen LogP contribution in [0.2, 0.25) is 0 Å². The molecule has 3 atom stereocenters. The van der Waals surface area contributed by atoms with Crippen molar-refractivity contribution in [1.82, 2.24) is 40.3 Å². The molecule has 1 aromatic heterocycles. The Bertz CT molecular complexity index is 2130. The average molecular weight is 795 g/mol. The van der Waals surface area contributed by atoms with Gasteiger partial charge in [-0.15, -0.1) is 5.10 Å². The highest BCUT2D eigenvalue weighted by Gasteiger charge is 2.35. The number of unbranched alkanes of at least 4 members (excludes halogenated alkanes) is 1. The number of likely N-dealkylation sites (N-methyl/N-ethyl adjacent to an activating group) is 1. The number of nitrogens with zero attached hydrogens (tertiary/aromatic N) is 7. The molecule has 3 aliphatic heterocycles. The highest BCUT2D eigenvalue weighted by Crippen LogP contribution is 2.28. The Balaban J connectivity index is 0.794. The molecule has 3 N–H and O–H groups in total. The SMILES string of the molecule is Cc1cccc(F)c1CN1CC(Cc2ccc(N3CCN(CCCCNC(=O)CNc4ccc5nnn(C6CCC(=O)NC6=O)c(=O)c5c4)CC3)cc2)[C@@H](N(C)C)C1. The van der Waals surface area contributed by atoms with E-state index in [0.29, 0.717) is 36.3 Å². The van der Waals surface area contributed by atoms with Crippen molar-refractivity contribution >= 4 is 40.0 Å². The first kappa shape index (κ1) is 40.9. The van der Waals surface area contributed by atoms with Gasteiger partial charge in [0.2, 0.25) is 11.8 Å². The average Bonchev–Trinajstić information content (AvgIpc) is 3.62. The van der Waals surface area contributed by atoms with E-state index in [2.05, 4.69) is 84.2 Å². The van der Waals surface area contributed by atoms with E-state index in [4.69, 9.17) is 0 Å². The van der Waals surface area contributed by atoms with Gasteiger partial charge < -0.3 is 20.4 Å². The molecule has 0 bridgehead atoms. The number of fused-ring (bicyclic) bond motifs is 1. The fourth-order valence-corrected chi connectivity index (χ4v) is 8.54. The normalized spacial score (nSPS) is 20.5. The third-order valence-corrected chi connectivity index (χ3v) is 11.9. The maximum Gasteiger partial charge on any atom is 0.278 e. The number of carbonyl (C=O) groups is 3. The van der Waals surface area contributed by atoms with Crippen LogP contribution in [0, 0.1) is 18.7 Å². The predicted octanol–water partition coefficient (Wildman–Crippen LogP) is 2.95. The van der Waals surface area contributed by atoms with E-state index in [0.717, 1.165) is 80.9 Å². The van der Waals surface area contributed by atoms with E-state index >= 15 is 0 Å². The van der Waals surface area contributed by atoms with Crippen LogP contribution in [0.15, 0.2) is 65.5 Å². The first-order valence-corrected chi connectivity index (χ1v) is 20.4. The number of nitrogens with one attached hydrogen (secondary N) is 3. The highest BCUT2D eigenvalue weighted by atomic mass is 19.1. The third-order valence-electron chi connectivity index (χ3n) is 11.9. The van der Waals surface area contributed by atoms with E-state index in [1.165, 1.54) is 11.3 Å². The Kier molecular flexibility index (Phi) is 13.1. The molecule has 58 heavy (non-hydrogen) atoms. The topological polar surface area (TPSA) is 148 Å². The molecule has 0 spiro atoms. The molecule has 0 aliphatic carbocycles. The van der Waals surface area contributed by atoms with E-state index in [1.54, 1.807) is 30.3 Å². The molecule has 2 unspecified atom stereocenters. The summed E-state index contributed by atoms with van der Waals surface area (Å²) in [4.78, 5) is 59.2. The number of carbonyl (C=O) groups excluding carboxylic acids is 3. The summed E-state index contributed by atoms with van der Waals surface area (Å²) in [6.07, 6.45) is 3.16. The fraction of sp³-hybridized carbons (Fsp3) is 0.488. The second-order valence-electron chi connectivity index (χ2n) is 16.2. The van der Waals surface area contributed by atoms with Crippen LogP contribution in [0.4, 0.5) is 15.8 Å². The molecule has 3 fully saturated rings. The van der Waals surface area contributed by atoms with Crippen molar-refractivity contribution < 1.29 is 18.8 Å². The van der Waals surface area contributed by atoms with E-state index in [-0.39, 0.29) is 42.4 Å². The summed E-state index contributed by atoms with van der Waals surface area (Å²) >= 11 is 0. The van der Waals surface area contributed by atoms with E-state index in [9.17, 15) is 23.6 Å². The molecule has 4 heterocycles. The minimum absolute atomic E-state index is 0.0425. The Hall–Kier alpha value is -5.25. The van der Waals surface area contributed by atoms with Gasteiger partial charge in [-0.1, -0.05) is 29.5 Å². The number of rotatable bonds is 15. The summed E-state index contributed by atoms with van der Waals surface area (Å²) in [5.41, 5.74) is 4.88. The smallest absolute Gasteiger partial charge is 0.278 e. The molecular weight excluding hydrogens is 740 g/mol. The van der Waals surface area contributed by atoms with E-state index in [1.807, 2.05) is 13.0 Å². The minimum atomic E-state index is -0.901. The van der Waals surface area contributed by atoms with Crippen molar-refractivity contribution in [1.29, 1.82) is 0 Å². The van der Waals surface area contributed by atoms with Gasteiger partial charge in [-0.25, -0.2) is 4.39 Å². The van der Waals surface area contributed by atoms with Crippen molar-refractivity contribution in [3.8, 4) is 0 Å². The molecule has 15 heteroatoms. The van der Waals surface area contributed by atoms with Crippen LogP contribution in [-0.4, -0.2) is 126 Å². The van der Waals surface area contributed by atoms with Gasteiger partial charge in [-0.2, -0.15) is 4.68 Å². The first-order valence-electron chi connectivity index (χ1n) is 20.4. The molecule has 14 nitrogen and oxygen atoms in total. The molecule has 3 aliphatic rings. The van der Waals surface area contributed by atoms with Gasteiger partial charge in [-0.05, 0) is 107 Å². The lowest BCUT2D eigenvalue weighted by Gasteiger charge is -2.36. The number of anilines is 2. The summed E-state index contributed by atoms with van der Waals surface area (Å²) in [5.74, 6) is -0.731. The standard InChI is InChI=1S/C43H55FN10O4/c1-29-7-6-8-36(44)35(29)27-52-26-31(39(28-52)50(2)3)23-30-9-12-33(13-10-30)53-21-19-51(20-22-53)18-5-4-17-45-41(56)25-46-32-11-14-37-34(24-32)43(58)54(49-48-37)38-15-16-40(55)47-42(38)57/h6-14,24,31,38-39,46H,4-5,15-23,25-28H2,1-3H3,(H,45,56)(H,47,55,57)/t31?,38?,39-/m0/s1. The van der Waals surface area contributed by atoms with Crippen LogP contribution in [0.5, 0.6) is 0 Å². The maximum absolute atomic E-state index is 14.6. The van der Waals surface area contributed by atoms with Gasteiger partial charge in [0.25, 0.3) is 11.5 Å². The largest absolute Gasteiger partial charge is 0.376 e. The number of likely N-dealkylation sites (tertiary alicyclic amines) is 1. The summed E-state index contributed by atoms with van der Waals surface area (Å²) in [5, 5.41) is 16.5. The third kappa shape index (κ3) is 9.88. The molecule has 0 saturated carbocycles. The number of benzene rings is 3. The molecule has 308 valence electrons. The van der Waals surface area contributed by atoms with Gasteiger partial charge in [0.05, 0.1) is 11.9 Å². The zero-order valence-electron chi connectivity index (χ0n) is 33.8. The molecule has 0 radical (unpaired) electrons. The zero-order chi connectivity index (χ0) is 40.8. The first-order chi connectivity index (χ1) is 28.0. The number of hydrogen-bond donors (Lipinski definition) is 3. The molecule has 3 amide bonds. The minimum Gasteiger partial charge on any atom is -0.376 e. The number of aryl methyl sites for hydroxylation is 1. The van der Waals surface area contributed by atoms with Crippen molar-refractivity contribution in [2.75, 3.05) is 83.2 Å². The number of imide groups is 1. The Labute approximate surface area is 338 Å². The number of amides is 3. The van der Waals surface area contributed by atoms with Crippen LogP contribution >= 0.6 is 0 Å². The highest BCUT2D eigenvalue weighted by molar-refractivity contribution is 5.99. The van der Waals surface area contributed by atoms with Gasteiger partial charge in [0, 0.05) is 81.8 Å². The van der Waals surface area contributed by atoms with Crippen molar-refractivity contribution in [2.24, 2.45) is 5.92 Å². The summed E-state index contributed by atoms with van der Waals surface area (Å²) in [7, 11) is 4.30. The quantitative estimate of drug-likeness (QED) is 0.121. The van der Waals surface area contributed by atoms with Crippen LogP contribution in [-0.2, 0) is 27.3 Å². The second-order valence-corrected chi connectivity index (χ2v) is 16.2. The molecule has 3 saturated heterocycles. The lowest BCUT2D eigenvalue weighted by atomic mass is 9.94. The van der Waals surface area contributed by atoms with E-state index < -0.39 is 17.5 Å². The Morgan fingerprint density at radius 3 is 2.50 bits per heavy atom. The van der Waals surface area contributed by atoms with Crippen LogP contribution in [0.1, 0.15) is 48.4 Å². The number of piperazine rings is 1. The van der Waals surface area contributed by atoms with Crippen LogP contribution in [0.3, 0.4) is 0 Å². The van der Waals surface area contributed by atoms with Crippen LogP contribution < -0.4 is 26.4 Å². The Morgan fingerprint density at radius 2 is 1.76 bits per heavy atom. The van der Waals surface area contributed by atoms with Gasteiger partial charge in [0.15, 0.2) is 0 Å². The number of halogens is 1. The Morgan fingerprint density at radius 1 is 0.966 bits per heavy atom. The molecule has 4 aromatic rings. The maximum atomic E-state index is 14.6. The molecule has 3 aromatic carbocycles. The summed E-state index contributed by atoms with van der Waals surface area (Å²) in [6.45, 7) is 10.1. The van der Waals surface area contributed by atoms with Crippen molar-refractivity contribution in [3.05, 3.63) is 93.5 Å². The van der Waals surface area contributed by atoms with Gasteiger partial charge >= 0.3 is 0 Å². The summed E-state index contributed by atoms with van der Waals surface area (Å²) < 4.78 is 15.6. The number of aromatic nitrogens is 3. The second kappa shape index (κ2) is 18.6. The molecular formula is C43H55FN10O4. The lowest BCUT2D eigenvalue weighted by Crippen LogP contribution is -2.46. The lowest BCUT2D eigenvalue weighted by molar-refractivity contribution is -0.136. The monoisotopic (exact) mass is 794 g/mol. The zero-order valence-corrected chi connectivity index (χ0v) is 33.8. The van der Waals surface area contributed by atoms with Gasteiger partial charge in [0.1, 0.15) is 17.4 Å². The fourth-order valence-electron chi connectivity index (χ4n) is 8.54. The van der Waals surface area contributed by atoms with Crippen molar-refractivity contribution in [2.45, 2.75) is 57.7 Å². The van der Waals surface area contributed by atoms with Crippen molar-refractivity contribution in [3.63, 3.8) is 0 Å². The number of hydrogen-bond acceptors (Lipinski definition) is 11. The number of piperidine rings is 1. The molecule has 7 rings (SSSR count). The summed E-state index contributed by atoms with van der Waals surface area (Å²) in [6, 6.07) is 18.9. The van der Waals surface area contributed by atoms with Gasteiger partial charge in [-0.3, -0.25) is 34.3 Å².